The number of benzene rings is 1. The van der Waals surface area contributed by atoms with Crippen LogP contribution >= 0.6 is 11.3 Å². The van der Waals surface area contributed by atoms with Gasteiger partial charge in [0.15, 0.2) is 5.01 Å². The molecule has 3 rings (SSSR count). The van der Waals surface area contributed by atoms with E-state index in [0.29, 0.717) is 23.7 Å². The van der Waals surface area contributed by atoms with Gasteiger partial charge in [-0.2, -0.15) is 0 Å². The Morgan fingerprint density at radius 1 is 1.35 bits per heavy atom. The van der Waals surface area contributed by atoms with E-state index in [-0.39, 0.29) is 17.5 Å². The predicted octanol–water partition coefficient (Wildman–Crippen LogP) is 2.87. The molecule has 1 aliphatic heterocycles. The third-order valence-electron chi connectivity index (χ3n) is 4.04. The summed E-state index contributed by atoms with van der Waals surface area (Å²) in [6.45, 7) is 2.65. The van der Waals surface area contributed by atoms with Gasteiger partial charge in [-0.1, -0.05) is 23.5 Å². The Morgan fingerprint density at radius 3 is 2.87 bits per heavy atom. The van der Waals surface area contributed by atoms with Crippen LogP contribution in [0.3, 0.4) is 0 Å². The zero-order chi connectivity index (χ0) is 16.4. The molecule has 23 heavy (non-hydrogen) atoms. The average Bonchev–Trinajstić information content (AvgIpc) is 3.05. The van der Waals surface area contributed by atoms with E-state index in [1.165, 1.54) is 21.7 Å². The van der Waals surface area contributed by atoms with Crippen molar-refractivity contribution in [3.05, 3.63) is 35.1 Å². The minimum Gasteiger partial charge on any atom is -0.212 e. The third kappa shape index (κ3) is 3.44. The lowest BCUT2D eigenvalue weighted by Crippen LogP contribution is -2.39. The first-order chi connectivity index (χ1) is 11.0. The molecule has 0 amide bonds. The fourth-order valence-corrected chi connectivity index (χ4v) is 4.90. The summed E-state index contributed by atoms with van der Waals surface area (Å²) >= 11 is 1.34. The number of sulfonamides is 1. The second kappa shape index (κ2) is 6.62. The molecule has 8 heteroatoms. The Bertz CT molecular complexity index is 792. The van der Waals surface area contributed by atoms with Crippen molar-refractivity contribution in [1.29, 1.82) is 0 Å². The lowest BCUT2D eigenvalue weighted by atomic mass is 10.0. The number of nitrogens with zero attached hydrogens (tertiary/aromatic N) is 3. The minimum absolute atomic E-state index is 0.0306. The Kier molecular flexibility index (Phi) is 4.74. The van der Waals surface area contributed by atoms with E-state index in [1.54, 1.807) is 25.1 Å². The van der Waals surface area contributed by atoms with Crippen molar-refractivity contribution in [2.24, 2.45) is 0 Å². The monoisotopic (exact) mass is 355 g/mol. The fraction of sp³-hybridized carbons (Fsp3) is 0.467. The van der Waals surface area contributed by atoms with Crippen molar-refractivity contribution < 1.29 is 12.8 Å². The van der Waals surface area contributed by atoms with Crippen LogP contribution in [0.1, 0.15) is 30.7 Å². The molecular weight excluding hydrogens is 337 g/mol. The van der Waals surface area contributed by atoms with Gasteiger partial charge < -0.3 is 0 Å². The minimum atomic E-state index is -3.18. The largest absolute Gasteiger partial charge is 0.213 e. The van der Waals surface area contributed by atoms with Crippen LogP contribution in [-0.2, 0) is 10.0 Å². The molecule has 1 saturated heterocycles. The maximum absolute atomic E-state index is 13.8. The highest BCUT2D eigenvalue weighted by atomic mass is 32.2. The summed E-state index contributed by atoms with van der Waals surface area (Å²) < 4.78 is 39.5. The van der Waals surface area contributed by atoms with E-state index in [2.05, 4.69) is 10.2 Å². The average molecular weight is 355 g/mol. The fourth-order valence-electron chi connectivity index (χ4n) is 2.72. The summed E-state index contributed by atoms with van der Waals surface area (Å²) in [5, 5.41) is 9.58. The normalized spacial score (nSPS) is 19.8. The number of hydrogen-bond acceptors (Lipinski definition) is 5. The third-order valence-corrected chi connectivity index (χ3v) is 7.00. The molecule has 0 N–H and O–H groups in total. The summed E-state index contributed by atoms with van der Waals surface area (Å²) in [4.78, 5) is 0. The Morgan fingerprint density at radius 2 is 2.13 bits per heavy atom. The first-order valence-electron chi connectivity index (χ1n) is 7.57. The van der Waals surface area contributed by atoms with Gasteiger partial charge in [-0.3, -0.25) is 0 Å². The molecule has 1 atom stereocenters. The van der Waals surface area contributed by atoms with Crippen molar-refractivity contribution in [2.75, 3.05) is 18.8 Å². The molecule has 1 fully saturated rings. The van der Waals surface area contributed by atoms with Crippen LogP contribution in [0.15, 0.2) is 24.3 Å². The van der Waals surface area contributed by atoms with E-state index in [1.807, 2.05) is 0 Å². The van der Waals surface area contributed by atoms with Gasteiger partial charge in [-0.05, 0) is 31.9 Å². The van der Waals surface area contributed by atoms with Crippen molar-refractivity contribution in [3.8, 4) is 10.6 Å². The maximum Gasteiger partial charge on any atom is 0.213 e. The molecule has 2 heterocycles. The second-order valence-electron chi connectivity index (χ2n) is 5.52. The Balaban J connectivity index is 1.82. The van der Waals surface area contributed by atoms with Crippen LogP contribution in [-0.4, -0.2) is 41.8 Å². The highest BCUT2D eigenvalue weighted by molar-refractivity contribution is 7.89. The molecule has 0 saturated carbocycles. The summed E-state index contributed by atoms with van der Waals surface area (Å²) in [6.07, 6.45) is 1.68. The van der Waals surface area contributed by atoms with Crippen molar-refractivity contribution in [3.63, 3.8) is 0 Å². The van der Waals surface area contributed by atoms with Crippen molar-refractivity contribution >= 4 is 21.4 Å². The summed E-state index contributed by atoms with van der Waals surface area (Å²) in [5.41, 5.74) is 0.435. The number of halogens is 1. The van der Waals surface area contributed by atoms with Crippen molar-refractivity contribution in [1.82, 2.24) is 14.5 Å². The van der Waals surface area contributed by atoms with Crippen molar-refractivity contribution in [2.45, 2.75) is 25.7 Å². The number of piperidine rings is 1. The highest BCUT2D eigenvalue weighted by Gasteiger charge is 2.30. The van der Waals surface area contributed by atoms with E-state index in [0.717, 1.165) is 17.8 Å². The zero-order valence-corrected chi connectivity index (χ0v) is 14.4. The van der Waals surface area contributed by atoms with Gasteiger partial charge in [0.25, 0.3) is 0 Å². The second-order valence-corrected chi connectivity index (χ2v) is 8.79. The maximum atomic E-state index is 13.8. The van der Waals surface area contributed by atoms with Crippen LogP contribution in [0, 0.1) is 5.82 Å². The van der Waals surface area contributed by atoms with Gasteiger partial charge in [-0.25, -0.2) is 17.1 Å². The molecule has 0 spiro atoms. The Labute approximate surface area is 139 Å². The topological polar surface area (TPSA) is 63.2 Å². The molecule has 0 aliphatic carbocycles. The summed E-state index contributed by atoms with van der Waals surface area (Å²) in [7, 11) is -3.18. The predicted molar refractivity (Wildman–Crippen MR) is 88.3 cm³/mol. The standard InChI is InChI=1S/C15H18FN3O2S2/c1-2-23(20,21)19-9-5-6-11(10-19)14-17-18-15(22-14)12-7-3-4-8-13(12)16/h3-4,7-8,11H,2,5-6,9-10H2,1H3. The molecule has 0 radical (unpaired) electrons. The summed E-state index contributed by atoms with van der Waals surface area (Å²) in [5.74, 6) is -0.187. The smallest absolute Gasteiger partial charge is 0.212 e. The van der Waals surface area contributed by atoms with Gasteiger partial charge in [0.05, 0.1) is 5.75 Å². The summed E-state index contributed by atoms with van der Waals surface area (Å²) in [6, 6.07) is 6.46. The SMILES string of the molecule is CCS(=O)(=O)N1CCCC(c2nnc(-c3ccccc3F)s2)C1. The number of hydrogen-bond donors (Lipinski definition) is 0. The van der Waals surface area contributed by atoms with Crippen LogP contribution in [0.4, 0.5) is 4.39 Å². The van der Waals surface area contributed by atoms with Gasteiger partial charge in [-0.15, -0.1) is 10.2 Å². The van der Waals surface area contributed by atoms with E-state index < -0.39 is 10.0 Å². The number of aromatic nitrogens is 2. The van der Waals surface area contributed by atoms with Gasteiger partial charge >= 0.3 is 0 Å². The van der Waals surface area contributed by atoms with Crippen LogP contribution in [0.25, 0.3) is 10.6 Å². The number of rotatable bonds is 4. The molecular formula is C15H18FN3O2S2. The molecule has 1 aromatic heterocycles. The first-order valence-corrected chi connectivity index (χ1v) is 10.00. The zero-order valence-electron chi connectivity index (χ0n) is 12.8. The lowest BCUT2D eigenvalue weighted by Gasteiger charge is -2.30. The van der Waals surface area contributed by atoms with E-state index >= 15 is 0 Å². The van der Waals surface area contributed by atoms with Crippen LogP contribution in [0.2, 0.25) is 0 Å². The Hall–Kier alpha value is -1.38. The van der Waals surface area contributed by atoms with Gasteiger partial charge in [0, 0.05) is 24.6 Å². The molecule has 124 valence electrons. The highest BCUT2D eigenvalue weighted by Crippen LogP contribution is 2.34. The first kappa shape index (κ1) is 16.5. The molecule has 0 bridgehead atoms. The molecule has 1 unspecified atom stereocenters. The molecule has 1 aromatic carbocycles. The van der Waals surface area contributed by atoms with Crippen LogP contribution in [0.5, 0.6) is 0 Å². The van der Waals surface area contributed by atoms with Gasteiger partial charge in [0.2, 0.25) is 10.0 Å². The molecule has 2 aromatic rings. The van der Waals surface area contributed by atoms with E-state index in [9.17, 15) is 12.8 Å². The van der Waals surface area contributed by atoms with Gasteiger partial charge in [0.1, 0.15) is 10.8 Å². The lowest BCUT2D eigenvalue weighted by molar-refractivity contribution is 0.315. The quantitative estimate of drug-likeness (QED) is 0.846. The molecule has 5 nitrogen and oxygen atoms in total. The van der Waals surface area contributed by atoms with E-state index in [4.69, 9.17) is 0 Å². The van der Waals surface area contributed by atoms with Crippen LogP contribution < -0.4 is 0 Å². The molecule has 1 aliphatic rings.